The summed E-state index contributed by atoms with van der Waals surface area (Å²) >= 11 is 0. The molecule has 2 amide bonds. The third-order valence-corrected chi connectivity index (χ3v) is 7.27. The maximum atomic E-state index is 13.2. The molecular weight excluding hydrogens is 412 g/mol. The summed E-state index contributed by atoms with van der Waals surface area (Å²) < 4.78 is 0. The second-order valence-corrected chi connectivity index (χ2v) is 9.78. The maximum absolute atomic E-state index is 13.2. The van der Waals surface area contributed by atoms with Crippen molar-refractivity contribution >= 4 is 11.8 Å². The van der Waals surface area contributed by atoms with E-state index >= 15 is 0 Å². The second-order valence-electron chi connectivity index (χ2n) is 9.78. The molecule has 1 saturated carbocycles. The summed E-state index contributed by atoms with van der Waals surface area (Å²) in [6.45, 7) is 1.87. The summed E-state index contributed by atoms with van der Waals surface area (Å²) in [5.74, 6) is 0.766. The number of hydrogen-bond donors (Lipinski definition) is 2. The molecule has 1 saturated heterocycles. The first-order valence-corrected chi connectivity index (χ1v) is 12.4. The van der Waals surface area contributed by atoms with Gasteiger partial charge in [0.25, 0.3) is 0 Å². The van der Waals surface area contributed by atoms with Crippen LogP contribution in [0.2, 0.25) is 0 Å². The molecule has 5 heteroatoms. The van der Waals surface area contributed by atoms with Crippen LogP contribution in [0.15, 0.2) is 60.7 Å². The smallest absolute Gasteiger partial charge is 0.224 e. The first-order chi connectivity index (χ1) is 16.1. The monoisotopic (exact) mass is 448 g/mol. The standard InChI is InChI=1S/C28H36N2O3/c31-26(16-22-11-5-2-6-12-22)18-29-28(33)25(15-21-9-3-1-4-10-21)17-27(32)30-19-23-13-7-8-14-24(23)20-30/h1-6,9-12,23-26,31H,7-8,13-20H2,(H,29,33). The van der Waals surface area contributed by atoms with Crippen molar-refractivity contribution in [3.63, 3.8) is 0 Å². The number of likely N-dealkylation sites (tertiary alicyclic amines) is 1. The van der Waals surface area contributed by atoms with Crippen LogP contribution in [0, 0.1) is 17.8 Å². The second kappa shape index (κ2) is 11.5. The van der Waals surface area contributed by atoms with Gasteiger partial charge in [-0.25, -0.2) is 0 Å². The molecule has 4 rings (SSSR count). The van der Waals surface area contributed by atoms with E-state index < -0.39 is 12.0 Å². The summed E-state index contributed by atoms with van der Waals surface area (Å²) in [5.41, 5.74) is 2.08. The Hall–Kier alpha value is -2.66. The maximum Gasteiger partial charge on any atom is 0.224 e. The Balaban J connectivity index is 1.35. The van der Waals surface area contributed by atoms with Crippen molar-refractivity contribution in [1.82, 2.24) is 10.2 Å². The molecule has 4 atom stereocenters. The molecule has 2 aliphatic rings. The number of amides is 2. The van der Waals surface area contributed by atoms with E-state index in [0.717, 1.165) is 24.2 Å². The fraction of sp³-hybridized carbons (Fsp3) is 0.500. The first-order valence-electron chi connectivity index (χ1n) is 12.4. The van der Waals surface area contributed by atoms with Crippen LogP contribution < -0.4 is 5.32 Å². The van der Waals surface area contributed by atoms with Gasteiger partial charge in [-0.15, -0.1) is 0 Å². The number of hydrogen-bond acceptors (Lipinski definition) is 3. The molecule has 2 aromatic carbocycles. The van der Waals surface area contributed by atoms with Gasteiger partial charge < -0.3 is 15.3 Å². The fourth-order valence-corrected chi connectivity index (χ4v) is 5.43. The highest BCUT2D eigenvalue weighted by Crippen LogP contribution is 2.36. The molecule has 0 bridgehead atoms. The normalized spacial score (nSPS) is 21.8. The van der Waals surface area contributed by atoms with Crippen molar-refractivity contribution in [3.8, 4) is 0 Å². The number of aliphatic hydroxyl groups excluding tert-OH is 1. The van der Waals surface area contributed by atoms with E-state index in [-0.39, 0.29) is 24.8 Å². The molecule has 0 radical (unpaired) electrons. The van der Waals surface area contributed by atoms with E-state index in [9.17, 15) is 14.7 Å². The number of carbonyl (C=O) groups is 2. The number of carbonyl (C=O) groups excluding carboxylic acids is 2. The van der Waals surface area contributed by atoms with Gasteiger partial charge in [0.2, 0.25) is 11.8 Å². The van der Waals surface area contributed by atoms with Crippen LogP contribution in [-0.2, 0) is 22.4 Å². The molecule has 5 nitrogen and oxygen atoms in total. The molecule has 2 fully saturated rings. The van der Waals surface area contributed by atoms with Gasteiger partial charge in [0.05, 0.1) is 12.0 Å². The molecule has 2 aromatic rings. The lowest BCUT2D eigenvalue weighted by atomic mass is 9.82. The zero-order chi connectivity index (χ0) is 23.0. The van der Waals surface area contributed by atoms with Crippen LogP contribution in [0.5, 0.6) is 0 Å². The Morgan fingerprint density at radius 2 is 1.42 bits per heavy atom. The lowest BCUT2D eigenvalue weighted by Crippen LogP contribution is -2.40. The highest BCUT2D eigenvalue weighted by molar-refractivity contribution is 5.86. The van der Waals surface area contributed by atoms with Crippen LogP contribution >= 0.6 is 0 Å². The van der Waals surface area contributed by atoms with Crippen molar-refractivity contribution in [2.24, 2.45) is 17.8 Å². The van der Waals surface area contributed by atoms with Gasteiger partial charge in [0.1, 0.15) is 0 Å². The highest BCUT2D eigenvalue weighted by Gasteiger charge is 2.37. The van der Waals surface area contributed by atoms with Gasteiger partial charge in [0, 0.05) is 32.5 Å². The first kappa shape index (κ1) is 23.5. The quantitative estimate of drug-likeness (QED) is 0.616. The Morgan fingerprint density at radius 3 is 2.00 bits per heavy atom. The van der Waals surface area contributed by atoms with Crippen LogP contribution in [0.1, 0.15) is 43.2 Å². The predicted octanol–water partition coefficient (Wildman–Crippen LogP) is 3.60. The third-order valence-electron chi connectivity index (χ3n) is 7.27. The van der Waals surface area contributed by atoms with Gasteiger partial charge in [-0.3, -0.25) is 9.59 Å². The number of rotatable bonds is 9. The van der Waals surface area contributed by atoms with Crippen molar-refractivity contribution in [2.45, 2.75) is 51.0 Å². The summed E-state index contributed by atoms with van der Waals surface area (Å²) in [7, 11) is 0. The molecule has 33 heavy (non-hydrogen) atoms. The van der Waals surface area contributed by atoms with Crippen molar-refractivity contribution in [3.05, 3.63) is 71.8 Å². The van der Waals surface area contributed by atoms with E-state index in [0.29, 0.717) is 24.7 Å². The topological polar surface area (TPSA) is 69.6 Å². The van der Waals surface area contributed by atoms with E-state index in [4.69, 9.17) is 0 Å². The van der Waals surface area contributed by atoms with Crippen molar-refractivity contribution in [2.75, 3.05) is 19.6 Å². The van der Waals surface area contributed by atoms with E-state index in [1.54, 1.807) is 0 Å². The van der Waals surface area contributed by atoms with E-state index in [1.807, 2.05) is 65.6 Å². The van der Waals surface area contributed by atoms with Crippen molar-refractivity contribution < 1.29 is 14.7 Å². The number of benzene rings is 2. The van der Waals surface area contributed by atoms with Crippen LogP contribution in [-0.4, -0.2) is 47.6 Å². The van der Waals surface area contributed by atoms with Gasteiger partial charge in [-0.2, -0.15) is 0 Å². The van der Waals surface area contributed by atoms with Crippen LogP contribution in [0.3, 0.4) is 0 Å². The molecule has 2 N–H and O–H groups in total. The Labute approximate surface area is 197 Å². The Bertz CT molecular complexity index is 888. The molecule has 1 heterocycles. The molecule has 0 aromatic heterocycles. The van der Waals surface area contributed by atoms with Gasteiger partial charge >= 0.3 is 0 Å². The Kier molecular flexibility index (Phi) is 8.16. The number of nitrogens with one attached hydrogen (secondary N) is 1. The lowest BCUT2D eigenvalue weighted by Gasteiger charge is -2.22. The van der Waals surface area contributed by atoms with Crippen molar-refractivity contribution in [1.29, 1.82) is 0 Å². The predicted molar refractivity (Wildman–Crippen MR) is 129 cm³/mol. The molecule has 1 aliphatic heterocycles. The summed E-state index contributed by atoms with van der Waals surface area (Å²) in [4.78, 5) is 28.3. The van der Waals surface area contributed by atoms with Gasteiger partial charge in [-0.1, -0.05) is 73.5 Å². The minimum atomic E-state index is -0.661. The van der Waals surface area contributed by atoms with Gasteiger partial charge in [0.15, 0.2) is 0 Å². The van der Waals surface area contributed by atoms with Crippen LogP contribution in [0.25, 0.3) is 0 Å². The minimum Gasteiger partial charge on any atom is -0.391 e. The van der Waals surface area contributed by atoms with Gasteiger partial charge in [-0.05, 0) is 42.2 Å². The van der Waals surface area contributed by atoms with E-state index in [1.165, 1.54) is 25.7 Å². The molecule has 1 aliphatic carbocycles. The fourth-order valence-electron chi connectivity index (χ4n) is 5.43. The zero-order valence-corrected chi connectivity index (χ0v) is 19.4. The van der Waals surface area contributed by atoms with E-state index in [2.05, 4.69) is 5.32 Å². The minimum absolute atomic E-state index is 0.0883. The molecule has 4 unspecified atom stereocenters. The SMILES string of the molecule is O=C(NCC(O)Cc1ccccc1)C(CC(=O)N1CC2CCCCC2C1)Cc1ccccc1. The lowest BCUT2D eigenvalue weighted by molar-refractivity contribution is -0.135. The summed E-state index contributed by atoms with van der Waals surface area (Å²) in [5, 5.41) is 13.3. The number of nitrogens with zero attached hydrogens (tertiary/aromatic N) is 1. The summed E-state index contributed by atoms with van der Waals surface area (Å²) in [6, 6.07) is 19.6. The average Bonchev–Trinajstić information content (AvgIpc) is 3.28. The third kappa shape index (κ3) is 6.67. The highest BCUT2D eigenvalue weighted by atomic mass is 16.3. The average molecular weight is 449 g/mol. The molecular formula is C28H36N2O3. The molecule has 176 valence electrons. The largest absolute Gasteiger partial charge is 0.391 e. The Morgan fingerprint density at radius 1 is 0.879 bits per heavy atom. The molecule has 0 spiro atoms. The number of aliphatic hydroxyl groups is 1. The van der Waals surface area contributed by atoms with Crippen LogP contribution in [0.4, 0.5) is 0 Å². The summed E-state index contributed by atoms with van der Waals surface area (Å²) in [6.07, 6.45) is 5.55. The number of fused-ring (bicyclic) bond motifs is 1. The zero-order valence-electron chi connectivity index (χ0n) is 19.4.